The van der Waals surface area contributed by atoms with Crippen LogP contribution >= 0.6 is 0 Å². The Kier molecular flexibility index (Phi) is 5.03. The number of rotatable bonds is 4. The van der Waals surface area contributed by atoms with Gasteiger partial charge in [-0.25, -0.2) is 14.5 Å². The van der Waals surface area contributed by atoms with Crippen LogP contribution in [0.5, 0.6) is 0 Å². The second-order valence-electron chi connectivity index (χ2n) is 7.46. The molecule has 0 aliphatic rings. The zero-order valence-corrected chi connectivity index (χ0v) is 18.3. The molecule has 0 aliphatic carbocycles. The van der Waals surface area contributed by atoms with Gasteiger partial charge in [-0.2, -0.15) is 5.10 Å². The van der Waals surface area contributed by atoms with E-state index in [9.17, 15) is 9.59 Å². The molecule has 0 aliphatic heterocycles. The maximum Gasteiger partial charge on any atom is 0.270 e. The highest BCUT2D eigenvalue weighted by Crippen LogP contribution is 2.21. The highest BCUT2D eigenvalue weighted by Gasteiger charge is 2.25. The first-order valence-electron chi connectivity index (χ1n) is 10.4. The van der Waals surface area contributed by atoms with Crippen molar-refractivity contribution >= 4 is 28.4 Å². The lowest BCUT2D eigenvalue weighted by molar-refractivity contribution is 0.0940. The number of amides is 1. The molecule has 5 rings (SSSR count). The first-order valence-corrected chi connectivity index (χ1v) is 10.4. The van der Waals surface area contributed by atoms with Crippen molar-refractivity contribution in [3.05, 3.63) is 76.2 Å². The second-order valence-corrected chi connectivity index (χ2v) is 7.46. The fourth-order valence-corrected chi connectivity index (χ4v) is 3.78. The molecule has 4 aromatic heterocycles. The van der Waals surface area contributed by atoms with Gasteiger partial charge in [-0.3, -0.25) is 19.3 Å². The van der Waals surface area contributed by atoms with E-state index in [0.717, 1.165) is 0 Å². The van der Waals surface area contributed by atoms with Crippen molar-refractivity contribution in [1.29, 1.82) is 0 Å². The third kappa shape index (κ3) is 3.34. The molecule has 0 bridgehead atoms. The Balaban J connectivity index is 1.64. The molecule has 168 valence electrons. The van der Waals surface area contributed by atoms with Gasteiger partial charge in [0.05, 0.1) is 11.7 Å². The van der Waals surface area contributed by atoms with E-state index in [1.807, 2.05) is 18.2 Å². The Hall–Kier alpha value is -4.98. The van der Waals surface area contributed by atoms with E-state index in [2.05, 4.69) is 42.4 Å². The third-order valence-corrected chi connectivity index (χ3v) is 5.26. The molecule has 0 radical (unpaired) electrons. The van der Waals surface area contributed by atoms with E-state index in [1.54, 1.807) is 44.4 Å². The van der Waals surface area contributed by atoms with Crippen LogP contribution in [0.25, 0.3) is 22.4 Å². The number of aromatic nitrogens is 7. The minimum absolute atomic E-state index is 0.0438. The molecule has 0 fully saturated rings. The van der Waals surface area contributed by atoms with Gasteiger partial charge in [-0.1, -0.05) is 24.1 Å². The van der Waals surface area contributed by atoms with Gasteiger partial charge >= 0.3 is 0 Å². The molecular weight excluding hydrogens is 434 g/mol. The van der Waals surface area contributed by atoms with E-state index >= 15 is 0 Å². The Bertz CT molecular complexity index is 1670. The van der Waals surface area contributed by atoms with Crippen LogP contribution in [0, 0.1) is 11.8 Å². The number of aromatic amines is 1. The van der Waals surface area contributed by atoms with E-state index in [4.69, 9.17) is 5.73 Å². The summed E-state index contributed by atoms with van der Waals surface area (Å²) in [6.45, 7) is 3.39. The molecule has 0 spiro atoms. The Morgan fingerprint density at radius 3 is 2.79 bits per heavy atom. The zero-order valence-electron chi connectivity index (χ0n) is 18.3. The normalized spacial score (nSPS) is 11.8. The number of H-pyrrole nitrogens is 1. The summed E-state index contributed by atoms with van der Waals surface area (Å²) in [5.41, 5.74) is 7.29. The quantitative estimate of drug-likeness (QED) is 0.350. The molecule has 34 heavy (non-hydrogen) atoms. The zero-order chi connectivity index (χ0) is 23.8. The molecule has 1 amide bonds. The standard InChI is InChI=1S/C23H19N9O2/c1-3-8-15-16-19(29-28-15)27-20(32(23(16)34)14-9-5-4-6-10-14)13(2)26-22(33)17-18(24)30-31-12-7-11-25-21(17)31/h4-7,9-13H,1-2H3,(H2,24,30)(H,26,33)(H,28,29). The van der Waals surface area contributed by atoms with Crippen LogP contribution in [-0.4, -0.2) is 40.3 Å². The molecular formula is C23H19N9O2. The molecule has 4 heterocycles. The first-order chi connectivity index (χ1) is 16.5. The first kappa shape index (κ1) is 20.9. The van der Waals surface area contributed by atoms with Gasteiger partial charge in [0.15, 0.2) is 17.1 Å². The summed E-state index contributed by atoms with van der Waals surface area (Å²) in [6.07, 6.45) is 3.20. The van der Waals surface area contributed by atoms with Crippen molar-refractivity contribution in [2.75, 3.05) is 5.73 Å². The summed E-state index contributed by atoms with van der Waals surface area (Å²) in [7, 11) is 0. The lowest BCUT2D eigenvalue weighted by atomic mass is 10.2. The van der Waals surface area contributed by atoms with Crippen LogP contribution in [0.3, 0.4) is 0 Å². The monoisotopic (exact) mass is 453 g/mol. The minimum Gasteiger partial charge on any atom is -0.381 e. The van der Waals surface area contributed by atoms with Gasteiger partial charge in [-0.05, 0) is 38.0 Å². The van der Waals surface area contributed by atoms with Crippen LogP contribution < -0.4 is 16.6 Å². The number of hydrogen-bond donors (Lipinski definition) is 3. The van der Waals surface area contributed by atoms with E-state index in [1.165, 1.54) is 9.08 Å². The number of carbonyl (C=O) groups is 1. The number of benzene rings is 1. The lowest BCUT2D eigenvalue weighted by Crippen LogP contribution is -2.33. The molecule has 1 aromatic carbocycles. The van der Waals surface area contributed by atoms with Gasteiger partial charge < -0.3 is 11.1 Å². The summed E-state index contributed by atoms with van der Waals surface area (Å²) in [5, 5.41) is 14.2. The molecule has 11 nitrogen and oxygen atoms in total. The van der Waals surface area contributed by atoms with Gasteiger partial charge in [0.25, 0.3) is 11.5 Å². The number of carbonyl (C=O) groups excluding carboxylic acids is 1. The Labute approximate surface area is 192 Å². The van der Waals surface area contributed by atoms with Gasteiger partial charge in [0, 0.05) is 12.4 Å². The van der Waals surface area contributed by atoms with Gasteiger partial charge in [0.2, 0.25) is 0 Å². The summed E-state index contributed by atoms with van der Waals surface area (Å²) in [5.74, 6) is 5.46. The Morgan fingerprint density at radius 2 is 2.03 bits per heavy atom. The summed E-state index contributed by atoms with van der Waals surface area (Å²) in [4.78, 5) is 35.6. The van der Waals surface area contributed by atoms with Crippen molar-refractivity contribution in [3.8, 4) is 17.5 Å². The van der Waals surface area contributed by atoms with Crippen molar-refractivity contribution in [2.45, 2.75) is 19.9 Å². The maximum absolute atomic E-state index is 13.6. The smallest absolute Gasteiger partial charge is 0.270 e. The maximum atomic E-state index is 13.6. The number of fused-ring (bicyclic) bond motifs is 2. The number of nitrogens with one attached hydrogen (secondary N) is 2. The van der Waals surface area contributed by atoms with E-state index in [0.29, 0.717) is 22.9 Å². The van der Waals surface area contributed by atoms with Crippen LogP contribution in [-0.2, 0) is 0 Å². The van der Waals surface area contributed by atoms with E-state index in [-0.39, 0.29) is 28.0 Å². The highest BCUT2D eigenvalue weighted by molar-refractivity contribution is 6.04. The average Bonchev–Trinajstić information content (AvgIpc) is 3.39. The summed E-state index contributed by atoms with van der Waals surface area (Å²) < 4.78 is 2.88. The molecule has 4 N–H and O–H groups in total. The van der Waals surface area contributed by atoms with Gasteiger partial charge in [0.1, 0.15) is 22.5 Å². The van der Waals surface area contributed by atoms with Crippen molar-refractivity contribution in [3.63, 3.8) is 0 Å². The topological polar surface area (TPSA) is 149 Å². The molecule has 5 aromatic rings. The number of anilines is 1. The largest absolute Gasteiger partial charge is 0.381 e. The molecule has 0 saturated heterocycles. The third-order valence-electron chi connectivity index (χ3n) is 5.26. The SMILES string of the molecule is CC#Cc1[nH]nc2nc(C(C)NC(=O)c3c(N)nn4cccnc34)n(-c3ccccc3)c(=O)c12. The van der Waals surface area contributed by atoms with Crippen LogP contribution in [0.1, 0.15) is 41.8 Å². The fourth-order valence-electron chi connectivity index (χ4n) is 3.78. The van der Waals surface area contributed by atoms with Crippen molar-refractivity contribution in [1.82, 2.24) is 39.7 Å². The molecule has 0 saturated carbocycles. The number of nitrogens with two attached hydrogens (primary N) is 1. The lowest BCUT2D eigenvalue weighted by Gasteiger charge is -2.18. The number of hydrogen-bond acceptors (Lipinski definition) is 7. The number of nitrogens with zero attached hydrogens (tertiary/aromatic N) is 6. The average molecular weight is 453 g/mol. The molecule has 1 atom stereocenters. The van der Waals surface area contributed by atoms with Crippen LogP contribution in [0.15, 0.2) is 53.6 Å². The predicted octanol–water partition coefficient (Wildman–Crippen LogP) is 1.60. The molecule has 11 heteroatoms. The number of para-hydroxylation sites is 1. The summed E-state index contributed by atoms with van der Waals surface area (Å²) in [6, 6.07) is 10.0. The predicted molar refractivity (Wildman–Crippen MR) is 125 cm³/mol. The second kappa shape index (κ2) is 8.18. The number of nitrogen functional groups attached to an aromatic ring is 1. The van der Waals surface area contributed by atoms with Gasteiger partial charge in [-0.15, -0.1) is 5.10 Å². The summed E-state index contributed by atoms with van der Waals surface area (Å²) >= 11 is 0. The molecule has 1 unspecified atom stereocenters. The van der Waals surface area contributed by atoms with E-state index < -0.39 is 11.9 Å². The van der Waals surface area contributed by atoms with Crippen LogP contribution in [0.2, 0.25) is 0 Å². The Morgan fingerprint density at radius 1 is 1.24 bits per heavy atom. The fraction of sp³-hybridized carbons (Fsp3) is 0.130. The minimum atomic E-state index is -0.694. The van der Waals surface area contributed by atoms with Crippen molar-refractivity contribution in [2.24, 2.45) is 0 Å². The van der Waals surface area contributed by atoms with Crippen LogP contribution in [0.4, 0.5) is 5.82 Å². The highest BCUT2D eigenvalue weighted by atomic mass is 16.2. The van der Waals surface area contributed by atoms with Crippen molar-refractivity contribution < 1.29 is 4.79 Å².